The summed E-state index contributed by atoms with van der Waals surface area (Å²) in [6, 6.07) is 6.77. The summed E-state index contributed by atoms with van der Waals surface area (Å²) in [6.45, 7) is 1.76. The fourth-order valence-electron chi connectivity index (χ4n) is 5.36. The topological polar surface area (TPSA) is 97.1 Å². The Kier molecular flexibility index (Phi) is 3.08. The molecular weight excluding hydrogens is 356 g/mol. The Hall–Kier alpha value is -2.41. The Bertz CT molecular complexity index is 926. The van der Waals surface area contributed by atoms with E-state index in [4.69, 9.17) is 11.6 Å². The molecular formula is C18H17ClN4O3. The van der Waals surface area contributed by atoms with Gasteiger partial charge in [0.05, 0.1) is 11.1 Å². The van der Waals surface area contributed by atoms with Crippen LogP contribution in [0.25, 0.3) is 5.69 Å². The van der Waals surface area contributed by atoms with E-state index in [0.29, 0.717) is 10.8 Å². The number of hydrogen-bond acceptors (Lipinski definition) is 4. The standard InChI is InChI=1S/C18H17ClN4O3/c1-8-20-15(22-23(8)11-4-2-10(19)3-5-11)16(24)21-14-9-6-12-13(7-9)18(12,14)17(25)26/h2-5,9,12-14H,6-7H2,1H3,(H,21,24)(H,25,26). The first-order chi connectivity index (χ1) is 12.4. The number of carboxylic acids is 1. The number of carbonyl (C=O) groups is 2. The number of nitrogens with zero attached hydrogens (tertiary/aromatic N) is 3. The van der Waals surface area contributed by atoms with Gasteiger partial charge in [-0.1, -0.05) is 11.6 Å². The molecule has 4 fully saturated rings. The lowest BCUT2D eigenvalue weighted by Gasteiger charge is -2.21. The number of carbonyl (C=O) groups excluding carboxylic acids is 1. The maximum absolute atomic E-state index is 12.7. The molecule has 1 amide bonds. The van der Waals surface area contributed by atoms with Crippen LogP contribution in [0.4, 0.5) is 0 Å². The SMILES string of the molecule is Cc1nc(C(=O)NC2C3CC4C(C3)C42C(=O)O)nn1-c1ccc(Cl)cc1. The molecule has 2 aromatic rings. The number of amides is 1. The fraction of sp³-hybridized carbons (Fsp3) is 0.444. The number of carboxylic acid groups (broad SMARTS) is 1. The highest BCUT2D eigenvalue weighted by Crippen LogP contribution is 2.79. The molecule has 0 aliphatic heterocycles. The summed E-state index contributed by atoms with van der Waals surface area (Å²) in [4.78, 5) is 28.7. The molecule has 4 bridgehead atoms. The third-order valence-electron chi connectivity index (χ3n) is 6.40. The van der Waals surface area contributed by atoms with E-state index in [9.17, 15) is 14.7 Å². The summed E-state index contributed by atoms with van der Waals surface area (Å²) in [6.07, 6.45) is 1.79. The Labute approximate surface area is 154 Å². The van der Waals surface area contributed by atoms with Crippen molar-refractivity contribution in [3.8, 4) is 5.69 Å². The highest BCUT2D eigenvalue weighted by atomic mass is 35.5. The van der Waals surface area contributed by atoms with Gasteiger partial charge in [0.15, 0.2) is 0 Å². The third kappa shape index (κ3) is 1.89. The molecule has 0 radical (unpaired) electrons. The predicted octanol–water partition coefficient (Wildman–Crippen LogP) is 2.07. The molecule has 1 heterocycles. The van der Waals surface area contributed by atoms with E-state index in [1.807, 2.05) is 0 Å². The molecule has 4 aliphatic rings. The van der Waals surface area contributed by atoms with Gasteiger partial charge in [-0.25, -0.2) is 9.67 Å². The minimum absolute atomic E-state index is 0.0549. The van der Waals surface area contributed by atoms with E-state index in [1.54, 1.807) is 35.9 Å². The zero-order valence-electron chi connectivity index (χ0n) is 14.0. The number of nitrogens with one attached hydrogen (secondary N) is 1. The van der Waals surface area contributed by atoms with Crippen LogP contribution in [0.3, 0.4) is 0 Å². The summed E-state index contributed by atoms with van der Waals surface area (Å²) in [5.41, 5.74) is -0.000433. The molecule has 0 saturated heterocycles. The van der Waals surface area contributed by atoms with Crippen molar-refractivity contribution >= 4 is 23.5 Å². The second kappa shape index (κ2) is 5.07. The zero-order chi connectivity index (χ0) is 18.2. The van der Waals surface area contributed by atoms with Crippen molar-refractivity contribution in [3.63, 3.8) is 0 Å². The van der Waals surface area contributed by atoms with E-state index in [-0.39, 0.29) is 29.6 Å². The predicted molar refractivity (Wildman–Crippen MR) is 92.1 cm³/mol. The average molecular weight is 373 g/mol. The van der Waals surface area contributed by atoms with Crippen LogP contribution in [0.2, 0.25) is 5.02 Å². The van der Waals surface area contributed by atoms with Crippen molar-refractivity contribution < 1.29 is 14.7 Å². The van der Waals surface area contributed by atoms with Crippen LogP contribution in [0, 0.1) is 30.1 Å². The van der Waals surface area contributed by atoms with Gasteiger partial charge in [0.2, 0.25) is 5.82 Å². The van der Waals surface area contributed by atoms with Gasteiger partial charge in [-0.05, 0) is 61.8 Å². The normalized spacial score (nSPS) is 33.3. The molecule has 4 aliphatic carbocycles. The number of rotatable bonds is 4. The van der Waals surface area contributed by atoms with Gasteiger partial charge in [0.1, 0.15) is 5.82 Å². The summed E-state index contributed by atoms with van der Waals surface area (Å²) < 4.78 is 1.58. The molecule has 7 nitrogen and oxygen atoms in total. The molecule has 4 saturated carbocycles. The average Bonchev–Trinajstić information content (AvgIpc) is 3.08. The van der Waals surface area contributed by atoms with Crippen LogP contribution in [0.5, 0.6) is 0 Å². The van der Waals surface area contributed by atoms with E-state index < -0.39 is 17.3 Å². The number of aliphatic carboxylic acids is 1. The maximum Gasteiger partial charge on any atom is 0.312 e. The van der Waals surface area contributed by atoms with Crippen LogP contribution < -0.4 is 5.32 Å². The summed E-state index contributed by atoms with van der Waals surface area (Å²) in [5, 5.41) is 17.5. The first-order valence-electron chi connectivity index (χ1n) is 8.66. The van der Waals surface area contributed by atoms with Crippen LogP contribution in [0.1, 0.15) is 29.3 Å². The number of aromatic nitrogens is 3. The maximum atomic E-state index is 12.7. The van der Waals surface area contributed by atoms with Gasteiger partial charge >= 0.3 is 5.97 Å². The molecule has 3 unspecified atom stereocenters. The molecule has 2 N–H and O–H groups in total. The molecule has 26 heavy (non-hydrogen) atoms. The monoisotopic (exact) mass is 372 g/mol. The van der Waals surface area contributed by atoms with Gasteiger partial charge in [0.25, 0.3) is 5.91 Å². The van der Waals surface area contributed by atoms with Gasteiger partial charge < -0.3 is 10.4 Å². The van der Waals surface area contributed by atoms with E-state index in [1.165, 1.54) is 0 Å². The Morgan fingerprint density at radius 2 is 1.92 bits per heavy atom. The Morgan fingerprint density at radius 1 is 1.27 bits per heavy atom. The molecule has 134 valence electrons. The first-order valence-corrected chi connectivity index (χ1v) is 9.04. The first kappa shape index (κ1) is 15.8. The largest absolute Gasteiger partial charge is 0.481 e. The van der Waals surface area contributed by atoms with Crippen LogP contribution in [0.15, 0.2) is 24.3 Å². The van der Waals surface area contributed by atoms with Gasteiger partial charge in [-0.2, -0.15) is 0 Å². The highest BCUT2D eigenvalue weighted by Gasteiger charge is 2.83. The molecule has 1 aromatic carbocycles. The van der Waals surface area contributed by atoms with Crippen molar-refractivity contribution in [2.45, 2.75) is 25.8 Å². The van der Waals surface area contributed by atoms with E-state index in [2.05, 4.69) is 15.4 Å². The lowest BCUT2D eigenvalue weighted by molar-refractivity contribution is -0.144. The highest BCUT2D eigenvalue weighted by molar-refractivity contribution is 6.30. The fourth-order valence-corrected chi connectivity index (χ4v) is 5.49. The molecule has 1 aromatic heterocycles. The second-order valence-electron chi connectivity index (χ2n) is 7.50. The Balaban J connectivity index is 1.40. The zero-order valence-corrected chi connectivity index (χ0v) is 14.8. The van der Waals surface area contributed by atoms with Crippen molar-refractivity contribution in [1.29, 1.82) is 0 Å². The van der Waals surface area contributed by atoms with Crippen molar-refractivity contribution in [2.75, 3.05) is 0 Å². The lowest BCUT2D eigenvalue weighted by Crippen LogP contribution is -2.45. The van der Waals surface area contributed by atoms with Crippen molar-refractivity contribution in [2.24, 2.45) is 23.2 Å². The van der Waals surface area contributed by atoms with Gasteiger partial charge in [0, 0.05) is 11.1 Å². The smallest absolute Gasteiger partial charge is 0.312 e. The van der Waals surface area contributed by atoms with Gasteiger partial charge in [-0.3, -0.25) is 9.59 Å². The molecule has 6 rings (SSSR count). The minimum Gasteiger partial charge on any atom is -0.481 e. The summed E-state index contributed by atoms with van der Waals surface area (Å²) in [5.74, 6) is 0.126. The number of hydrogen-bond donors (Lipinski definition) is 2. The second-order valence-corrected chi connectivity index (χ2v) is 7.94. The van der Waals surface area contributed by atoms with Crippen molar-refractivity contribution in [1.82, 2.24) is 20.1 Å². The number of benzene rings is 1. The van der Waals surface area contributed by atoms with Gasteiger partial charge in [-0.15, -0.1) is 5.10 Å². The quantitative estimate of drug-likeness (QED) is 0.856. The van der Waals surface area contributed by atoms with Crippen molar-refractivity contribution in [3.05, 3.63) is 40.9 Å². The minimum atomic E-state index is -0.784. The van der Waals surface area contributed by atoms with Crippen LogP contribution >= 0.6 is 11.6 Å². The number of aryl methyl sites for hydroxylation is 1. The molecule has 3 atom stereocenters. The Morgan fingerprint density at radius 3 is 2.54 bits per heavy atom. The van der Waals surface area contributed by atoms with E-state index >= 15 is 0 Å². The summed E-state index contributed by atoms with van der Waals surface area (Å²) >= 11 is 5.91. The van der Waals surface area contributed by atoms with Crippen LogP contribution in [-0.4, -0.2) is 37.8 Å². The lowest BCUT2D eigenvalue weighted by atomic mass is 9.97. The van der Waals surface area contributed by atoms with E-state index in [0.717, 1.165) is 18.5 Å². The molecule has 0 spiro atoms. The summed E-state index contributed by atoms with van der Waals surface area (Å²) in [7, 11) is 0. The number of halogens is 1. The van der Waals surface area contributed by atoms with Crippen LogP contribution in [-0.2, 0) is 4.79 Å². The molecule has 8 heteroatoms. The third-order valence-corrected chi connectivity index (χ3v) is 6.66.